The van der Waals surface area contributed by atoms with Gasteiger partial charge in [0.25, 0.3) is 0 Å². The first-order valence-corrected chi connectivity index (χ1v) is 5.82. The van der Waals surface area contributed by atoms with Crippen LogP contribution in [0.1, 0.15) is 30.9 Å². The van der Waals surface area contributed by atoms with Crippen LogP contribution in [-0.4, -0.2) is 22.0 Å². The number of carboxylic acids is 1. The SMILES string of the molecule is CCC(=Cc1cnc2c(c1)CCC(=O)N2)C(=O)O. The number of carboxylic acid groups (broad SMARTS) is 1. The van der Waals surface area contributed by atoms with Gasteiger partial charge in [-0.05, 0) is 36.1 Å². The fourth-order valence-electron chi connectivity index (χ4n) is 1.87. The minimum absolute atomic E-state index is 0.0296. The molecule has 1 aromatic rings. The third kappa shape index (κ3) is 2.56. The Morgan fingerprint density at radius 2 is 2.33 bits per heavy atom. The summed E-state index contributed by atoms with van der Waals surface area (Å²) in [6.45, 7) is 1.80. The van der Waals surface area contributed by atoms with Crippen molar-refractivity contribution in [2.24, 2.45) is 0 Å². The van der Waals surface area contributed by atoms with Crippen LogP contribution in [0.15, 0.2) is 17.8 Å². The lowest BCUT2D eigenvalue weighted by molar-refractivity contribution is -0.132. The van der Waals surface area contributed by atoms with Crippen LogP contribution >= 0.6 is 0 Å². The third-order valence-electron chi connectivity index (χ3n) is 2.86. The molecule has 94 valence electrons. The van der Waals surface area contributed by atoms with Crippen molar-refractivity contribution in [2.75, 3.05) is 5.32 Å². The number of pyridine rings is 1. The summed E-state index contributed by atoms with van der Waals surface area (Å²) < 4.78 is 0. The number of carbonyl (C=O) groups is 2. The van der Waals surface area contributed by atoms with E-state index in [1.54, 1.807) is 19.2 Å². The summed E-state index contributed by atoms with van der Waals surface area (Å²) >= 11 is 0. The van der Waals surface area contributed by atoms with Gasteiger partial charge in [-0.1, -0.05) is 6.92 Å². The van der Waals surface area contributed by atoms with Crippen molar-refractivity contribution in [3.05, 3.63) is 29.0 Å². The Bertz CT molecular complexity index is 535. The van der Waals surface area contributed by atoms with E-state index in [1.165, 1.54) is 0 Å². The second-order valence-electron chi connectivity index (χ2n) is 4.15. The lowest BCUT2D eigenvalue weighted by atomic mass is 10.0. The van der Waals surface area contributed by atoms with Gasteiger partial charge in [-0.2, -0.15) is 0 Å². The maximum atomic E-state index is 11.2. The van der Waals surface area contributed by atoms with Crippen LogP contribution in [0.3, 0.4) is 0 Å². The molecular formula is C13H14N2O3. The van der Waals surface area contributed by atoms with Crippen LogP contribution in [0.5, 0.6) is 0 Å². The number of amides is 1. The molecule has 0 unspecified atom stereocenters. The summed E-state index contributed by atoms with van der Waals surface area (Å²) in [7, 11) is 0. The number of nitrogens with one attached hydrogen (secondary N) is 1. The van der Waals surface area contributed by atoms with E-state index in [9.17, 15) is 9.59 Å². The van der Waals surface area contributed by atoms with Gasteiger partial charge < -0.3 is 10.4 Å². The molecule has 0 aliphatic carbocycles. The highest BCUT2D eigenvalue weighted by molar-refractivity contribution is 5.94. The summed E-state index contributed by atoms with van der Waals surface area (Å²) in [6, 6.07) is 1.88. The van der Waals surface area contributed by atoms with Crippen molar-refractivity contribution in [3.63, 3.8) is 0 Å². The lowest BCUT2D eigenvalue weighted by Crippen LogP contribution is -2.20. The van der Waals surface area contributed by atoms with Gasteiger partial charge in [0.05, 0.1) is 0 Å². The van der Waals surface area contributed by atoms with E-state index in [0.717, 1.165) is 11.1 Å². The number of anilines is 1. The smallest absolute Gasteiger partial charge is 0.331 e. The summed E-state index contributed by atoms with van der Waals surface area (Å²) in [5.74, 6) is -0.363. The van der Waals surface area contributed by atoms with Crippen LogP contribution < -0.4 is 5.32 Å². The fourth-order valence-corrected chi connectivity index (χ4v) is 1.87. The van der Waals surface area contributed by atoms with Crippen molar-refractivity contribution in [2.45, 2.75) is 26.2 Å². The molecular weight excluding hydrogens is 232 g/mol. The Morgan fingerprint density at radius 1 is 1.56 bits per heavy atom. The van der Waals surface area contributed by atoms with Crippen molar-refractivity contribution in [1.29, 1.82) is 0 Å². The van der Waals surface area contributed by atoms with E-state index in [1.807, 2.05) is 6.07 Å². The van der Waals surface area contributed by atoms with Gasteiger partial charge in [0, 0.05) is 18.2 Å². The molecule has 18 heavy (non-hydrogen) atoms. The standard InChI is InChI=1S/C13H14N2O3/c1-2-9(13(17)18)5-8-6-10-3-4-11(16)15-12(10)14-7-8/h5-7H,2-4H2,1H3,(H,17,18)(H,14,15,16). The van der Waals surface area contributed by atoms with Crippen LogP contribution in [0.2, 0.25) is 0 Å². The normalized spacial score (nSPS) is 14.9. The Labute approximate surface area is 105 Å². The van der Waals surface area contributed by atoms with Gasteiger partial charge in [-0.15, -0.1) is 0 Å². The van der Waals surface area contributed by atoms with E-state index in [-0.39, 0.29) is 5.91 Å². The highest BCUT2D eigenvalue weighted by atomic mass is 16.4. The number of aryl methyl sites for hydroxylation is 1. The summed E-state index contributed by atoms with van der Waals surface area (Å²) in [5, 5.41) is 11.7. The monoisotopic (exact) mass is 246 g/mol. The molecule has 2 rings (SSSR count). The molecule has 1 aromatic heterocycles. The molecule has 0 bridgehead atoms. The fraction of sp³-hybridized carbons (Fsp3) is 0.308. The van der Waals surface area contributed by atoms with E-state index >= 15 is 0 Å². The number of hydrogen-bond acceptors (Lipinski definition) is 3. The molecule has 2 heterocycles. The Hall–Kier alpha value is -2.17. The number of nitrogens with zero attached hydrogens (tertiary/aromatic N) is 1. The number of fused-ring (bicyclic) bond motifs is 1. The predicted octanol–water partition coefficient (Wildman–Crippen LogP) is 1.84. The first-order valence-electron chi connectivity index (χ1n) is 5.82. The van der Waals surface area contributed by atoms with Gasteiger partial charge in [-0.25, -0.2) is 9.78 Å². The maximum absolute atomic E-state index is 11.2. The zero-order chi connectivity index (χ0) is 13.1. The van der Waals surface area contributed by atoms with Crippen LogP contribution in [0.25, 0.3) is 6.08 Å². The highest BCUT2D eigenvalue weighted by Crippen LogP contribution is 2.22. The molecule has 0 atom stereocenters. The zero-order valence-corrected chi connectivity index (χ0v) is 10.1. The largest absolute Gasteiger partial charge is 0.478 e. The molecule has 0 fully saturated rings. The minimum atomic E-state index is -0.913. The minimum Gasteiger partial charge on any atom is -0.478 e. The molecule has 0 aromatic carbocycles. The average molecular weight is 246 g/mol. The van der Waals surface area contributed by atoms with Gasteiger partial charge >= 0.3 is 5.97 Å². The molecule has 2 N–H and O–H groups in total. The molecule has 1 aliphatic heterocycles. The highest BCUT2D eigenvalue weighted by Gasteiger charge is 2.16. The molecule has 0 spiro atoms. The molecule has 0 saturated carbocycles. The maximum Gasteiger partial charge on any atom is 0.331 e. The van der Waals surface area contributed by atoms with Crippen LogP contribution in [0.4, 0.5) is 5.82 Å². The Balaban J connectivity index is 2.32. The molecule has 1 amide bonds. The second kappa shape index (κ2) is 5.00. The van der Waals surface area contributed by atoms with Crippen molar-refractivity contribution in [3.8, 4) is 0 Å². The quantitative estimate of drug-likeness (QED) is 0.797. The number of rotatable bonds is 3. The van der Waals surface area contributed by atoms with Crippen molar-refractivity contribution < 1.29 is 14.7 Å². The van der Waals surface area contributed by atoms with E-state index < -0.39 is 5.97 Å². The van der Waals surface area contributed by atoms with Gasteiger partial charge in [0.15, 0.2) is 0 Å². The number of aliphatic carboxylic acids is 1. The zero-order valence-electron chi connectivity index (χ0n) is 10.1. The molecule has 5 heteroatoms. The average Bonchev–Trinajstić information content (AvgIpc) is 2.35. The van der Waals surface area contributed by atoms with E-state index in [0.29, 0.717) is 30.7 Å². The van der Waals surface area contributed by atoms with Gasteiger partial charge in [0.1, 0.15) is 5.82 Å². The van der Waals surface area contributed by atoms with E-state index in [2.05, 4.69) is 10.3 Å². The van der Waals surface area contributed by atoms with Crippen molar-refractivity contribution in [1.82, 2.24) is 4.98 Å². The number of hydrogen-bond donors (Lipinski definition) is 2. The van der Waals surface area contributed by atoms with Crippen molar-refractivity contribution >= 4 is 23.8 Å². The number of aromatic nitrogens is 1. The topological polar surface area (TPSA) is 79.3 Å². The predicted molar refractivity (Wildman–Crippen MR) is 67.1 cm³/mol. The molecule has 0 radical (unpaired) electrons. The van der Waals surface area contributed by atoms with Crippen LogP contribution in [-0.2, 0) is 16.0 Å². The molecule has 0 saturated heterocycles. The molecule has 1 aliphatic rings. The summed E-state index contributed by atoms with van der Waals surface area (Å²) in [6.07, 6.45) is 4.74. The summed E-state index contributed by atoms with van der Waals surface area (Å²) in [5.41, 5.74) is 2.05. The van der Waals surface area contributed by atoms with Gasteiger partial charge in [-0.3, -0.25) is 4.79 Å². The first-order chi connectivity index (χ1) is 8.60. The van der Waals surface area contributed by atoms with Gasteiger partial charge in [0.2, 0.25) is 5.91 Å². The van der Waals surface area contributed by atoms with E-state index in [4.69, 9.17) is 5.11 Å². The Morgan fingerprint density at radius 3 is 3.00 bits per heavy atom. The molecule has 5 nitrogen and oxygen atoms in total. The Kier molecular flexibility index (Phi) is 3.41. The number of carbonyl (C=O) groups excluding carboxylic acids is 1. The third-order valence-corrected chi connectivity index (χ3v) is 2.86. The summed E-state index contributed by atoms with van der Waals surface area (Å²) in [4.78, 5) is 26.3. The first kappa shape index (κ1) is 12.3. The second-order valence-corrected chi connectivity index (χ2v) is 4.15. The van der Waals surface area contributed by atoms with Crippen LogP contribution in [0, 0.1) is 0 Å². The lowest BCUT2D eigenvalue weighted by Gasteiger charge is -2.15.